The average Bonchev–Trinajstić information content (AvgIpc) is 2.69. The minimum Gasteiger partial charge on any atom is -0.347 e. The Kier molecular flexibility index (Phi) is 4.50. The van der Waals surface area contributed by atoms with Crippen LogP contribution >= 0.6 is 23.1 Å². The van der Waals surface area contributed by atoms with E-state index in [1.807, 2.05) is 11.8 Å². The molecule has 1 aromatic heterocycles. The summed E-state index contributed by atoms with van der Waals surface area (Å²) >= 11 is 3.57. The minimum atomic E-state index is -0.0785. The Morgan fingerprint density at radius 3 is 2.55 bits per heavy atom. The predicted molar refractivity (Wildman–Crippen MR) is 89.6 cm³/mol. The van der Waals surface area contributed by atoms with E-state index < -0.39 is 0 Å². The van der Waals surface area contributed by atoms with Gasteiger partial charge in [-0.3, -0.25) is 4.79 Å². The number of nitrogens with zero attached hydrogens (tertiary/aromatic N) is 2. The SMILES string of the molecule is CC1(C)CCN(c2nc(C(C)(C)C)c(C=O)s2)CCS1. The highest BCUT2D eigenvalue weighted by Gasteiger charge is 2.28. The summed E-state index contributed by atoms with van der Waals surface area (Å²) < 4.78 is 0.340. The first-order chi connectivity index (χ1) is 9.23. The van der Waals surface area contributed by atoms with Crippen molar-refractivity contribution in [2.75, 3.05) is 23.7 Å². The number of carbonyl (C=O) groups is 1. The lowest BCUT2D eigenvalue weighted by molar-refractivity contribution is 0.112. The summed E-state index contributed by atoms with van der Waals surface area (Å²) in [5.41, 5.74) is 0.855. The van der Waals surface area contributed by atoms with Gasteiger partial charge in [0, 0.05) is 29.0 Å². The number of thioether (sulfide) groups is 1. The van der Waals surface area contributed by atoms with Crippen LogP contribution in [-0.2, 0) is 5.41 Å². The number of anilines is 1. The van der Waals surface area contributed by atoms with Crippen LogP contribution in [0.2, 0.25) is 0 Å². The summed E-state index contributed by atoms with van der Waals surface area (Å²) in [5, 5.41) is 1.01. The average molecular weight is 313 g/mol. The van der Waals surface area contributed by atoms with Gasteiger partial charge in [-0.25, -0.2) is 4.98 Å². The lowest BCUT2D eigenvalue weighted by Crippen LogP contribution is -2.27. The van der Waals surface area contributed by atoms with Gasteiger partial charge in [0.15, 0.2) is 11.4 Å². The number of hydrogen-bond donors (Lipinski definition) is 0. The number of carbonyl (C=O) groups excluding carboxylic acids is 1. The zero-order chi connectivity index (χ0) is 15.0. The van der Waals surface area contributed by atoms with Crippen LogP contribution in [-0.4, -0.2) is 34.9 Å². The summed E-state index contributed by atoms with van der Waals surface area (Å²) in [6.45, 7) is 13.0. The Balaban J connectivity index is 2.25. The molecule has 0 aliphatic carbocycles. The fourth-order valence-electron chi connectivity index (χ4n) is 2.28. The van der Waals surface area contributed by atoms with Gasteiger partial charge < -0.3 is 4.90 Å². The van der Waals surface area contributed by atoms with Crippen molar-refractivity contribution in [1.82, 2.24) is 4.98 Å². The van der Waals surface area contributed by atoms with Crippen LogP contribution in [0.5, 0.6) is 0 Å². The third-order valence-corrected chi connectivity index (χ3v) is 5.98. The third-order valence-electron chi connectivity index (χ3n) is 3.57. The molecule has 1 saturated heterocycles. The van der Waals surface area contributed by atoms with Crippen molar-refractivity contribution in [3.63, 3.8) is 0 Å². The molecule has 1 fully saturated rings. The van der Waals surface area contributed by atoms with Crippen molar-refractivity contribution in [1.29, 1.82) is 0 Å². The quantitative estimate of drug-likeness (QED) is 0.774. The fraction of sp³-hybridized carbons (Fsp3) is 0.733. The Morgan fingerprint density at radius 2 is 2.00 bits per heavy atom. The van der Waals surface area contributed by atoms with E-state index in [0.717, 1.165) is 47.3 Å². The monoisotopic (exact) mass is 312 g/mol. The zero-order valence-corrected chi connectivity index (χ0v) is 14.7. The van der Waals surface area contributed by atoms with Gasteiger partial charge in [0.25, 0.3) is 0 Å². The normalized spacial score (nSPS) is 19.8. The van der Waals surface area contributed by atoms with Crippen LogP contribution in [0.1, 0.15) is 56.4 Å². The van der Waals surface area contributed by atoms with Gasteiger partial charge >= 0.3 is 0 Å². The molecule has 0 unspecified atom stereocenters. The molecule has 2 rings (SSSR count). The largest absolute Gasteiger partial charge is 0.347 e. The van der Waals surface area contributed by atoms with Gasteiger partial charge in [0.05, 0.1) is 10.6 Å². The molecule has 0 radical (unpaired) electrons. The first-order valence-electron chi connectivity index (χ1n) is 7.08. The van der Waals surface area contributed by atoms with Crippen molar-refractivity contribution in [2.24, 2.45) is 0 Å². The first kappa shape index (κ1) is 15.8. The van der Waals surface area contributed by atoms with Gasteiger partial charge in [-0.1, -0.05) is 46.0 Å². The number of aldehydes is 1. The summed E-state index contributed by atoms with van der Waals surface area (Å²) in [7, 11) is 0. The van der Waals surface area contributed by atoms with Gasteiger partial charge in [-0.2, -0.15) is 11.8 Å². The molecule has 0 saturated carbocycles. The lowest BCUT2D eigenvalue weighted by atomic mass is 9.91. The van der Waals surface area contributed by atoms with E-state index in [2.05, 4.69) is 39.5 Å². The molecule has 5 heteroatoms. The number of aromatic nitrogens is 1. The second-order valence-electron chi connectivity index (χ2n) is 6.92. The molecule has 0 aromatic carbocycles. The molecule has 1 aliphatic heterocycles. The van der Waals surface area contributed by atoms with E-state index in [1.165, 1.54) is 11.3 Å². The van der Waals surface area contributed by atoms with Crippen LogP contribution < -0.4 is 4.90 Å². The summed E-state index contributed by atoms with van der Waals surface area (Å²) in [4.78, 5) is 19.2. The number of thiazole rings is 1. The van der Waals surface area contributed by atoms with Gasteiger partial charge in [-0.15, -0.1) is 0 Å². The number of hydrogen-bond acceptors (Lipinski definition) is 5. The standard InChI is InChI=1S/C15H24N2OS2/c1-14(2,3)12-11(10-18)20-13(16-12)17-7-6-15(4,5)19-9-8-17/h10H,6-9H2,1-5H3. The Bertz CT molecular complexity index is 489. The first-order valence-corrected chi connectivity index (χ1v) is 8.88. The minimum absolute atomic E-state index is 0.0785. The van der Waals surface area contributed by atoms with Crippen molar-refractivity contribution in [3.05, 3.63) is 10.6 Å². The third kappa shape index (κ3) is 3.55. The van der Waals surface area contributed by atoms with Crippen molar-refractivity contribution in [2.45, 2.75) is 51.2 Å². The summed E-state index contributed by atoms with van der Waals surface area (Å²) in [6, 6.07) is 0. The molecule has 20 heavy (non-hydrogen) atoms. The Hall–Kier alpha value is -0.550. The van der Waals surface area contributed by atoms with Crippen molar-refractivity contribution >= 4 is 34.5 Å². The van der Waals surface area contributed by atoms with Gasteiger partial charge in [0.1, 0.15) is 0 Å². The Morgan fingerprint density at radius 1 is 1.30 bits per heavy atom. The molecule has 0 atom stereocenters. The van der Waals surface area contributed by atoms with Crippen LogP contribution in [0.4, 0.5) is 5.13 Å². The van der Waals surface area contributed by atoms with Gasteiger partial charge in [-0.05, 0) is 6.42 Å². The highest BCUT2D eigenvalue weighted by Crippen LogP contribution is 2.36. The van der Waals surface area contributed by atoms with E-state index in [0.29, 0.717) is 4.75 Å². The predicted octanol–water partition coefficient (Wildman–Crippen LogP) is 3.98. The van der Waals surface area contributed by atoms with Crippen LogP contribution in [0.15, 0.2) is 0 Å². The second-order valence-corrected chi connectivity index (χ2v) is 9.73. The number of rotatable bonds is 2. The van der Waals surface area contributed by atoms with Gasteiger partial charge in [0.2, 0.25) is 0 Å². The van der Waals surface area contributed by atoms with Crippen molar-refractivity contribution in [3.8, 4) is 0 Å². The van der Waals surface area contributed by atoms with E-state index in [4.69, 9.17) is 4.98 Å². The Labute approximate surface area is 130 Å². The smallest absolute Gasteiger partial charge is 0.186 e. The van der Waals surface area contributed by atoms with Crippen LogP contribution in [0.25, 0.3) is 0 Å². The van der Waals surface area contributed by atoms with E-state index >= 15 is 0 Å². The van der Waals surface area contributed by atoms with E-state index in [1.54, 1.807) is 0 Å². The maximum atomic E-state index is 11.3. The molecule has 1 aliphatic rings. The highest BCUT2D eigenvalue weighted by molar-refractivity contribution is 8.00. The van der Waals surface area contributed by atoms with E-state index in [-0.39, 0.29) is 5.41 Å². The molecule has 0 spiro atoms. The van der Waals surface area contributed by atoms with E-state index in [9.17, 15) is 4.79 Å². The highest BCUT2D eigenvalue weighted by atomic mass is 32.2. The summed E-state index contributed by atoms with van der Waals surface area (Å²) in [6.07, 6.45) is 2.11. The van der Waals surface area contributed by atoms with Crippen molar-refractivity contribution < 1.29 is 4.79 Å². The second kappa shape index (κ2) is 5.68. The molecule has 0 N–H and O–H groups in total. The maximum absolute atomic E-state index is 11.3. The molecule has 3 nitrogen and oxygen atoms in total. The molecular formula is C15H24N2OS2. The molecule has 0 bridgehead atoms. The lowest BCUT2D eigenvalue weighted by Gasteiger charge is -2.22. The molecule has 2 heterocycles. The topological polar surface area (TPSA) is 33.2 Å². The van der Waals surface area contributed by atoms with Crippen LogP contribution in [0.3, 0.4) is 0 Å². The maximum Gasteiger partial charge on any atom is 0.186 e. The molecular weight excluding hydrogens is 288 g/mol. The zero-order valence-electron chi connectivity index (χ0n) is 13.0. The molecule has 112 valence electrons. The molecule has 0 amide bonds. The fourth-order valence-corrected chi connectivity index (χ4v) is 4.53. The molecule has 1 aromatic rings. The summed E-state index contributed by atoms with van der Waals surface area (Å²) in [5.74, 6) is 1.12. The van der Waals surface area contributed by atoms with Crippen LogP contribution in [0, 0.1) is 0 Å².